The van der Waals surface area contributed by atoms with Crippen molar-refractivity contribution in [3.8, 4) is 0 Å². The van der Waals surface area contributed by atoms with Gasteiger partial charge in [-0.2, -0.15) is 0 Å². The minimum atomic E-state index is -0.807. The first-order valence-corrected chi connectivity index (χ1v) is 25.3. The van der Waals surface area contributed by atoms with Crippen molar-refractivity contribution in [3.63, 3.8) is 0 Å². The van der Waals surface area contributed by atoms with Crippen molar-refractivity contribution >= 4 is 17.9 Å². The zero-order chi connectivity index (χ0) is 43.7. The average Bonchev–Trinajstić information content (AvgIpc) is 3.24. The van der Waals surface area contributed by atoms with Gasteiger partial charge in [-0.1, -0.05) is 216 Å². The summed E-state index contributed by atoms with van der Waals surface area (Å²) in [5.41, 5.74) is 0. The van der Waals surface area contributed by atoms with Crippen LogP contribution in [0.1, 0.15) is 245 Å². The minimum absolute atomic E-state index is 0.0991. The number of hydrogen-bond acceptors (Lipinski definition) is 6. The lowest BCUT2D eigenvalue weighted by Crippen LogP contribution is -2.30. The third-order valence-corrected chi connectivity index (χ3v) is 10.8. The molecule has 0 aromatic rings. The first-order valence-electron chi connectivity index (χ1n) is 25.3. The maximum absolute atomic E-state index is 12.7. The lowest BCUT2D eigenvalue weighted by molar-refractivity contribution is -0.166. The molecule has 0 rings (SSSR count). The summed E-state index contributed by atoms with van der Waals surface area (Å²) in [4.78, 5) is 37.9. The molecule has 0 amide bonds. The third kappa shape index (κ3) is 46.2. The molecular weight excluding hydrogens is 745 g/mol. The summed E-state index contributed by atoms with van der Waals surface area (Å²) in [5.74, 6) is -0.978. The monoisotopic (exact) mass is 839 g/mol. The van der Waals surface area contributed by atoms with Gasteiger partial charge in [0.05, 0.1) is 0 Å². The van der Waals surface area contributed by atoms with Crippen molar-refractivity contribution in [2.75, 3.05) is 13.2 Å². The van der Waals surface area contributed by atoms with Crippen molar-refractivity contribution in [2.24, 2.45) is 0 Å². The highest BCUT2D eigenvalue weighted by atomic mass is 16.6. The van der Waals surface area contributed by atoms with Crippen LogP contribution < -0.4 is 0 Å². The number of carbonyl (C=O) groups is 3. The van der Waals surface area contributed by atoms with Crippen molar-refractivity contribution in [2.45, 2.75) is 252 Å². The fourth-order valence-corrected chi connectivity index (χ4v) is 6.98. The molecule has 6 heteroatoms. The van der Waals surface area contributed by atoms with Crippen LogP contribution >= 0.6 is 0 Å². The number of hydrogen-bond donors (Lipinski definition) is 0. The molecule has 0 saturated heterocycles. The van der Waals surface area contributed by atoms with Crippen LogP contribution in [0.4, 0.5) is 0 Å². The molecule has 60 heavy (non-hydrogen) atoms. The van der Waals surface area contributed by atoms with Gasteiger partial charge in [0.25, 0.3) is 0 Å². The molecule has 0 radical (unpaired) electrons. The Balaban J connectivity index is 4.44. The standard InChI is InChI=1S/C54H94O6/c1-4-7-10-13-16-19-22-25-26-27-30-32-35-38-41-44-47-53(56)59-50-51(60-54(57)48-45-42-39-36-33-29-24-21-18-15-12-9-6-3)49-58-52(55)46-43-40-37-34-31-28-23-20-17-14-11-8-5-2/h7,10,16,19,25-26,29,33,39,42,51H,4-6,8-9,11-15,17-18,20-24,27-28,30-32,34-38,40-41,43-50H2,1-3H3/b10-7-,19-16-,26-25-,33-29-,42-39-. The van der Waals surface area contributed by atoms with Crippen LogP contribution in [0, 0.1) is 0 Å². The first-order chi connectivity index (χ1) is 29.5. The topological polar surface area (TPSA) is 78.9 Å². The molecule has 0 spiro atoms. The molecule has 0 aliphatic heterocycles. The van der Waals surface area contributed by atoms with E-state index in [1.54, 1.807) is 0 Å². The number of unbranched alkanes of at least 4 members (excludes halogenated alkanes) is 24. The lowest BCUT2D eigenvalue weighted by atomic mass is 10.0. The molecule has 0 aromatic carbocycles. The predicted octanol–water partition coefficient (Wildman–Crippen LogP) is 16.5. The average molecular weight is 839 g/mol. The zero-order valence-corrected chi connectivity index (χ0v) is 39.5. The molecule has 0 aliphatic rings. The van der Waals surface area contributed by atoms with E-state index < -0.39 is 6.10 Å². The highest BCUT2D eigenvalue weighted by Gasteiger charge is 2.19. The number of rotatable bonds is 45. The molecule has 0 saturated carbocycles. The Kier molecular flexibility index (Phi) is 46.4. The van der Waals surface area contributed by atoms with Crippen LogP contribution in [0.15, 0.2) is 60.8 Å². The second-order valence-electron chi connectivity index (χ2n) is 16.7. The lowest BCUT2D eigenvalue weighted by Gasteiger charge is -2.18. The maximum Gasteiger partial charge on any atom is 0.306 e. The van der Waals surface area contributed by atoms with Gasteiger partial charge >= 0.3 is 17.9 Å². The molecule has 0 aliphatic carbocycles. The summed E-state index contributed by atoms with van der Waals surface area (Å²) < 4.78 is 16.7. The second-order valence-corrected chi connectivity index (χ2v) is 16.7. The SMILES string of the molecule is CC/C=C\C/C=C\C/C=C\CCCCCCCCC(=O)OCC(COC(=O)CCCCCCCCCCCCCCC)OC(=O)CC/C=C\C/C=C\CCCCCCCC. The van der Waals surface area contributed by atoms with E-state index in [9.17, 15) is 14.4 Å². The molecule has 6 nitrogen and oxygen atoms in total. The summed E-state index contributed by atoms with van der Waals surface area (Å²) in [6, 6.07) is 0. The van der Waals surface area contributed by atoms with E-state index in [2.05, 4.69) is 75.5 Å². The largest absolute Gasteiger partial charge is 0.462 e. The van der Waals surface area contributed by atoms with E-state index in [4.69, 9.17) is 14.2 Å². The van der Waals surface area contributed by atoms with Gasteiger partial charge in [0.15, 0.2) is 6.10 Å². The summed E-state index contributed by atoms with van der Waals surface area (Å²) >= 11 is 0. The van der Waals surface area contributed by atoms with E-state index in [0.717, 1.165) is 77.0 Å². The van der Waals surface area contributed by atoms with Crippen molar-refractivity contribution < 1.29 is 28.6 Å². The molecule has 0 heterocycles. The summed E-state index contributed by atoms with van der Waals surface area (Å²) in [6.45, 7) is 6.46. The molecule has 0 aromatic heterocycles. The number of carbonyl (C=O) groups excluding carboxylic acids is 3. The van der Waals surface area contributed by atoms with E-state index in [0.29, 0.717) is 19.3 Å². The van der Waals surface area contributed by atoms with E-state index in [-0.39, 0.29) is 37.5 Å². The Morgan fingerprint density at radius 3 is 1.08 bits per heavy atom. The Morgan fingerprint density at radius 1 is 0.350 bits per heavy atom. The highest BCUT2D eigenvalue weighted by molar-refractivity contribution is 5.71. The Bertz CT molecular complexity index is 1100. The summed E-state index contributed by atoms with van der Waals surface area (Å²) in [6.07, 6.45) is 59.3. The third-order valence-electron chi connectivity index (χ3n) is 10.8. The van der Waals surface area contributed by atoms with Crippen LogP contribution in [0.25, 0.3) is 0 Å². The highest BCUT2D eigenvalue weighted by Crippen LogP contribution is 2.14. The van der Waals surface area contributed by atoms with Gasteiger partial charge < -0.3 is 14.2 Å². The van der Waals surface area contributed by atoms with E-state index >= 15 is 0 Å². The molecule has 0 N–H and O–H groups in total. The Hall–Kier alpha value is -2.89. The Labute approximate surface area is 370 Å². The number of ether oxygens (including phenoxy) is 3. The molecule has 1 atom stereocenters. The fraction of sp³-hybridized carbons (Fsp3) is 0.759. The van der Waals surface area contributed by atoms with Crippen molar-refractivity contribution in [1.29, 1.82) is 0 Å². The van der Waals surface area contributed by atoms with Gasteiger partial charge in [0, 0.05) is 19.3 Å². The first kappa shape index (κ1) is 57.1. The van der Waals surface area contributed by atoms with Gasteiger partial charge in [-0.15, -0.1) is 0 Å². The summed E-state index contributed by atoms with van der Waals surface area (Å²) in [5, 5.41) is 0. The molecule has 0 fully saturated rings. The van der Waals surface area contributed by atoms with Crippen molar-refractivity contribution in [3.05, 3.63) is 60.8 Å². The predicted molar refractivity (Wildman–Crippen MR) is 256 cm³/mol. The quantitative estimate of drug-likeness (QED) is 0.0263. The Morgan fingerprint density at radius 2 is 0.683 bits per heavy atom. The van der Waals surface area contributed by atoms with Crippen LogP contribution in [0.3, 0.4) is 0 Å². The molecule has 0 bridgehead atoms. The van der Waals surface area contributed by atoms with Crippen LogP contribution in [-0.2, 0) is 28.6 Å². The molecule has 346 valence electrons. The summed E-state index contributed by atoms with van der Waals surface area (Å²) in [7, 11) is 0. The zero-order valence-electron chi connectivity index (χ0n) is 39.5. The second kappa shape index (κ2) is 48.8. The smallest absolute Gasteiger partial charge is 0.306 e. The fourth-order valence-electron chi connectivity index (χ4n) is 6.98. The van der Waals surface area contributed by atoms with Gasteiger partial charge in [0.1, 0.15) is 13.2 Å². The van der Waals surface area contributed by atoms with Crippen LogP contribution in [-0.4, -0.2) is 37.2 Å². The number of esters is 3. The van der Waals surface area contributed by atoms with Gasteiger partial charge in [-0.05, 0) is 70.6 Å². The van der Waals surface area contributed by atoms with Gasteiger partial charge in [-0.25, -0.2) is 0 Å². The van der Waals surface area contributed by atoms with Crippen LogP contribution in [0.2, 0.25) is 0 Å². The minimum Gasteiger partial charge on any atom is -0.462 e. The van der Waals surface area contributed by atoms with Crippen molar-refractivity contribution in [1.82, 2.24) is 0 Å². The van der Waals surface area contributed by atoms with Gasteiger partial charge in [-0.3, -0.25) is 14.4 Å². The molecular formula is C54H94O6. The van der Waals surface area contributed by atoms with Crippen LogP contribution in [0.5, 0.6) is 0 Å². The normalized spacial score (nSPS) is 12.5. The van der Waals surface area contributed by atoms with Gasteiger partial charge in [0.2, 0.25) is 0 Å². The maximum atomic E-state index is 12.7. The molecule has 1 unspecified atom stereocenters. The van der Waals surface area contributed by atoms with E-state index in [1.807, 2.05) is 6.08 Å². The number of allylic oxidation sites excluding steroid dienone is 10. The van der Waals surface area contributed by atoms with E-state index in [1.165, 1.54) is 122 Å².